The Morgan fingerprint density at radius 1 is 0.625 bits per heavy atom. The highest BCUT2D eigenvalue weighted by molar-refractivity contribution is 9.10. The monoisotopic (exact) mass is 832 g/mol. The lowest BCUT2D eigenvalue weighted by Gasteiger charge is -2.15. The Kier molecular flexibility index (Phi) is 29.6. The van der Waals surface area contributed by atoms with E-state index >= 15 is 0 Å². The molecule has 0 spiro atoms. The van der Waals surface area contributed by atoms with Crippen molar-refractivity contribution in [1.82, 2.24) is 0 Å². The van der Waals surface area contributed by atoms with Crippen molar-refractivity contribution in [3.63, 3.8) is 0 Å². The minimum atomic E-state index is -5.89. The second kappa shape index (κ2) is 26.1. The average Bonchev–Trinajstić information content (AvgIpc) is 2.92. The number of carbonyl (C=O) groups excluding carboxylic acids is 5. The molecule has 0 rings (SSSR count). The maximum atomic E-state index is 11.7. The number of halogens is 16. The van der Waals surface area contributed by atoms with E-state index in [4.69, 9.17) is 0 Å². The van der Waals surface area contributed by atoms with Crippen molar-refractivity contribution in [2.75, 3.05) is 33.5 Å². The molecule has 0 aliphatic carbocycles. The molecule has 0 saturated heterocycles. The summed E-state index contributed by atoms with van der Waals surface area (Å²) in [6.07, 6.45) is -14.4. The van der Waals surface area contributed by atoms with Gasteiger partial charge in [-0.1, -0.05) is 24.9 Å². The number of carbonyl (C=O) groups is 5. The van der Waals surface area contributed by atoms with Gasteiger partial charge in [-0.05, 0) is 27.2 Å². The van der Waals surface area contributed by atoms with Crippen LogP contribution in [0.25, 0.3) is 0 Å². The maximum absolute atomic E-state index is 11.7. The molecule has 0 aliphatic rings. The highest BCUT2D eigenvalue weighted by Crippen LogP contribution is 2.36. The number of hydrogen-bond acceptors (Lipinski definition) is 10. The summed E-state index contributed by atoms with van der Waals surface area (Å²) in [5.74, 6) is -14.8. The molecule has 26 heteroatoms. The zero-order valence-electron chi connectivity index (χ0n) is 24.9. The summed E-state index contributed by atoms with van der Waals surface area (Å²) in [5.41, 5.74) is -2.02. The van der Waals surface area contributed by atoms with E-state index in [0.717, 1.165) is 0 Å². The molecule has 48 heavy (non-hydrogen) atoms. The van der Waals surface area contributed by atoms with Crippen LogP contribution in [0.15, 0.2) is 0 Å². The van der Waals surface area contributed by atoms with Gasteiger partial charge in [0.1, 0.15) is 0 Å². The topological polar surface area (TPSA) is 132 Å². The Hall–Kier alpha value is -2.86. The van der Waals surface area contributed by atoms with Gasteiger partial charge in [-0.25, -0.2) is 28.4 Å². The van der Waals surface area contributed by atoms with E-state index in [1.807, 2.05) is 15.9 Å². The molecule has 0 N–H and O–H groups in total. The van der Waals surface area contributed by atoms with E-state index in [-0.39, 0.29) is 26.4 Å². The number of methoxy groups -OCH3 is 1. The number of alkyl halides is 16. The molecule has 288 valence electrons. The Labute approximate surface area is 275 Å². The quantitative estimate of drug-likeness (QED) is 0.0789. The van der Waals surface area contributed by atoms with Crippen LogP contribution < -0.4 is 0 Å². The molecule has 1 unspecified atom stereocenters. The van der Waals surface area contributed by atoms with Crippen molar-refractivity contribution < 1.29 is 109 Å². The molecule has 0 amide bonds. The van der Waals surface area contributed by atoms with Crippen LogP contribution in [0.3, 0.4) is 0 Å². The van der Waals surface area contributed by atoms with E-state index < -0.39 is 64.8 Å². The molecular formula is C22H28BrClF14O10. The first-order valence-corrected chi connectivity index (χ1v) is 13.3. The highest BCUT2D eigenvalue weighted by atomic mass is 79.9. The van der Waals surface area contributed by atoms with Crippen LogP contribution in [0.4, 0.5) is 61.5 Å². The summed E-state index contributed by atoms with van der Waals surface area (Å²) in [6, 6.07) is 0. The van der Waals surface area contributed by atoms with Gasteiger partial charge in [0, 0.05) is 15.9 Å². The fraction of sp³-hybridized carbons (Fsp3) is 0.773. The molecule has 0 fully saturated rings. The Bertz CT molecular complexity index is 910. The van der Waals surface area contributed by atoms with Crippen LogP contribution in [0.5, 0.6) is 0 Å². The summed E-state index contributed by atoms with van der Waals surface area (Å²) >= 11 is 6.50. The zero-order chi connectivity index (χ0) is 39.7. The molecule has 10 nitrogen and oxygen atoms in total. The van der Waals surface area contributed by atoms with E-state index in [1.165, 1.54) is 13.8 Å². The van der Waals surface area contributed by atoms with Crippen LogP contribution >= 0.6 is 27.5 Å². The number of esters is 5. The first-order chi connectivity index (χ1) is 21.4. The lowest BCUT2D eigenvalue weighted by Crippen LogP contribution is -2.44. The normalized spacial score (nSPS) is 11.9. The predicted octanol–water partition coefficient (Wildman–Crippen LogP) is 6.98. The van der Waals surface area contributed by atoms with Crippen molar-refractivity contribution in [3.8, 4) is 0 Å². The third kappa shape index (κ3) is 30.5. The fourth-order valence-electron chi connectivity index (χ4n) is 1.27. The molecular weight excluding hydrogens is 806 g/mol. The van der Waals surface area contributed by atoms with Gasteiger partial charge in [-0.3, -0.25) is 0 Å². The highest BCUT2D eigenvalue weighted by Gasteiger charge is 2.64. The van der Waals surface area contributed by atoms with Crippen molar-refractivity contribution >= 4 is 57.4 Å². The second-order valence-electron chi connectivity index (χ2n) is 7.04. The lowest BCUT2D eigenvalue weighted by atomic mass is 10.3. The van der Waals surface area contributed by atoms with Gasteiger partial charge in [0.05, 0.1) is 33.5 Å². The SMILES string of the molecule is CCCCOC(=O)C(F)(F)F.CCOC(=O)C(F)(F)Br.CCOC(=O)C(F)(F)F.CCOC(=O)C(F)Cl.COC(=O)C(F)(F)C(F)(F)F. The standard InChI is InChI=1S/C6H9F3O2.C4H5BrF2O2.C4H6ClFO2.C4H3F5O2.C4H5F3O2/c1-2-3-4-11-5(10)6(7,8)9;1-2-9-3(8)4(5,6)7;1-2-8-4(7)3(5)6;1-11-2(10)3(5,6)4(7,8)9;1-2-9-3(8)4(5,6)7/h2-4H2,1H3;2H2,1H3;3H,2H2,1H3;1H3;2H2,1H3. The van der Waals surface area contributed by atoms with Crippen molar-refractivity contribution in [3.05, 3.63) is 0 Å². The minimum Gasteiger partial charge on any atom is -0.464 e. The van der Waals surface area contributed by atoms with Crippen LogP contribution in [0, 0.1) is 0 Å². The molecule has 1 atom stereocenters. The van der Waals surface area contributed by atoms with Crippen LogP contribution in [0.2, 0.25) is 0 Å². The molecule has 0 bridgehead atoms. The van der Waals surface area contributed by atoms with E-state index in [2.05, 4.69) is 35.3 Å². The first-order valence-electron chi connectivity index (χ1n) is 12.1. The average molecular weight is 834 g/mol. The minimum absolute atomic E-state index is 0.0416. The number of unbranched alkanes of at least 4 members (excludes halogenated alkanes) is 1. The summed E-state index contributed by atoms with van der Waals surface area (Å²) in [5, 5.41) is 0. The van der Waals surface area contributed by atoms with Crippen molar-refractivity contribution in [2.45, 2.75) is 75.5 Å². The van der Waals surface area contributed by atoms with Gasteiger partial charge in [0.25, 0.3) is 5.63 Å². The third-order valence-electron chi connectivity index (χ3n) is 3.24. The summed E-state index contributed by atoms with van der Waals surface area (Å²) in [6.45, 7) is 5.85. The largest absolute Gasteiger partial charge is 0.490 e. The number of ether oxygens (including phenoxy) is 5. The summed E-state index contributed by atoms with van der Waals surface area (Å²) < 4.78 is 179. The first kappa shape index (κ1) is 54.6. The molecule has 0 aromatic rings. The summed E-state index contributed by atoms with van der Waals surface area (Å²) in [7, 11) is 0.446. The van der Waals surface area contributed by atoms with Crippen LogP contribution in [-0.4, -0.2) is 98.3 Å². The molecule has 0 heterocycles. The molecule has 0 radical (unpaired) electrons. The molecule has 0 aromatic carbocycles. The Morgan fingerprint density at radius 2 is 0.979 bits per heavy atom. The van der Waals surface area contributed by atoms with E-state index in [1.54, 1.807) is 13.8 Å². The van der Waals surface area contributed by atoms with Gasteiger partial charge >= 0.3 is 59.1 Å². The van der Waals surface area contributed by atoms with E-state index in [0.29, 0.717) is 20.0 Å². The second-order valence-corrected chi connectivity index (χ2v) is 8.42. The Balaban J connectivity index is -0.000000161. The fourth-order valence-corrected chi connectivity index (χ4v) is 1.44. The molecule has 0 aliphatic heterocycles. The smallest absolute Gasteiger partial charge is 0.464 e. The lowest BCUT2D eigenvalue weighted by molar-refractivity contribution is -0.279. The molecule has 0 aromatic heterocycles. The van der Waals surface area contributed by atoms with Gasteiger partial charge in [0.2, 0.25) is 0 Å². The zero-order valence-corrected chi connectivity index (χ0v) is 27.3. The molecule has 0 saturated carbocycles. The van der Waals surface area contributed by atoms with Gasteiger partial charge in [0.15, 0.2) is 0 Å². The maximum Gasteiger partial charge on any atom is 0.490 e. The summed E-state index contributed by atoms with van der Waals surface area (Å²) in [4.78, 5) is 46.0. The number of rotatable bonds is 9. The van der Waals surface area contributed by atoms with Crippen LogP contribution in [-0.2, 0) is 47.7 Å². The van der Waals surface area contributed by atoms with Gasteiger partial charge in [-0.2, -0.15) is 57.1 Å². The van der Waals surface area contributed by atoms with Gasteiger partial charge in [-0.15, -0.1) is 0 Å². The van der Waals surface area contributed by atoms with Crippen molar-refractivity contribution in [2.24, 2.45) is 0 Å². The van der Waals surface area contributed by atoms with Crippen LogP contribution in [0.1, 0.15) is 40.5 Å². The predicted molar refractivity (Wildman–Crippen MR) is 136 cm³/mol. The number of hydrogen-bond donors (Lipinski definition) is 0. The van der Waals surface area contributed by atoms with Gasteiger partial charge < -0.3 is 23.7 Å². The van der Waals surface area contributed by atoms with Crippen molar-refractivity contribution in [1.29, 1.82) is 0 Å². The third-order valence-corrected chi connectivity index (χ3v) is 3.74. The Morgan fingerprint density at radius 3 is 1.15 bits per heavy atom. The van der Waals surface area contributed by atoms with E-state index in [9.17, 15) is 85.4 Å².